The minimum atomic E-state index is -4.19. The second-order valence-corrected chi connectivity index (χ2v) is 19.0. The Balaban J connectivity index is 1.38. The lowest BCUT2D eigenvalue weighted by Crippen LogP contribution is -2.28. The molecule has 0 bridgehead atoms. The van der Waals surface area contributed by atoms with Crippen molar-refractivity contribution in [2.24, 2.45) is 0 Å². The Morgan fingerprint density at radius 1 is 0.776 bits per heavy atom. The fourth-order valence-corrected chi connectivity index (χ4v) is 9.61. The van der Waals surface area contributed by atoms with E-state index in [1.54, 1.807) is 6.07 Å². The average Bonchev–Trinajstić information content (AvgIpc) is 3.52. The second kappa shape index (κ2) is 15.4. The van der Waals surface area contributed by atoms with Crippen LogP contribution >= 0.6 is 0 Å². The molecule has 0 atom stereocenters. The number of rotatable bonds is 13. The van der Waals surface area contributed by atoms with E-state index in [1.807, 2.05) is 72.8 Å². The Kier molecular flexibility index (Phi) is 10.8. The molecule has 300 valence electrons. The lowest BCUT2D eigenvalue weighted by molar-refractivity contribution is -0.437. The summed E-state index contributed by atoms with van der Waals surface area (Å²) in [7, 11) is -8.37. The van der Waals surface area contributed by atoms with Crippen LogP contribution in [0.3, 0.4) is 0 Å². The maximum Gasteiger partial charge on any atom is 0.337 e. The van der Waals surface area contributed by atoms with Gasteiger partial charge >= 0.3 is 5.97 Å². The number of carboxylic acids is 1. The number of allylic oxidation sites excluding steroid dienone is 6. The molecule has 0 unspecified atom stereocenters. The largest absolute Gasteiger partial charge is 0.478 e. The zero-order valence-electron chi connectivity index (χ0n) is 32.8. The second-order valence-electron chi connectivity index (χ2n) is 15.8. The fourth-order valence-electron chi connectivity index (χ4n) is 8.62. The van der Waals surface area contributed by atoms with E-state index in [9.17, 15) is 35.8 Å². The molecule has 0 saturated carbocycles. The Bertz CT molecular complexity index is 2820. The van der Waals surface area contributed by atoms with Gasteiger partial charge in [-0.1, -0.05) is 74.5 Å². The Morgan fingerprint density at radius 3 is 2.02 bits per heavy atom. The van der Waals surface area contributed by atoms with Crippen molar-refractivity contribution in [3.05, 3.63) is 144 Å². The average molecular weight is 821 g/mol. The molecule has 0 fully saturated rings. The van der Waals surface area contributed by atoms with Crippen LogP contribution in [0, 0.1) is 0 Å². The van der Waals surface area contributed by atoms with E-state index in [2.05, 4.69) is 66.4 Å². The van der Waals surface area contributed by atoms with Gasteiger partial charge in [0.15, 0.2) is 5.71 Å². The van der Waals surface area contributed by atoms with Gasteiger partial charge in [-0.25, -0.2) is 4.79 Å². The minimum Gasteiger partial charge on any atom is -0.478 e. The minimum absolute atomic E-state index is 0.0355. The highest BCUT2D eigenvalue weighted by atomic mass is 32.2. The molecule has 11 nitrogen and oxygen atoms in total. The van der Waals surface area contributed by atoms with Crippen LogP contribution < -0.4 is 4.90 Å². The SMILES string of the molecule is CC1(C)C(/C=C/C(=C/C=C2/N(CCCS(=O)(=O)O)c3ccc4ccccc4c3C2(C)C)c2ccc(C(=O)O)cn2)=[N+](CCCS(=O)(=O)O)c2ccc3ccccc3c21. The standard InChI is InChI=1S/C45H45N3O8S2/c1-44(2)39(47(25-9-27-57(51,52)53)37-21-16-30-11-5-7-13-34(30)41(37)44)23-18-32(36-20-15-33(29-46-36)43(49)50)19-24-40-45(3,4)42-35-14-8-6-12-31(35)17-22-38(42)48(40)26-10-28-58(54,55)56/h5-8,11-24,29H,9-10,25-28H2,1-4H3,(H2-,49,50,51,52,53,54,55,56)/p+1. The van der Waals surface area contributed by atoms with Gasteiger partial charge in [-0.15, -0.1) is 0 Å². The van der Waals surface area contributed by atoms with E-state index in [4.69, 9.17) is 0 Å². The first-order chi connectivity index (χ1) is 27.4. The van der Waals surface area contributed by atoms with Crippen molar-refractivity contribution < 1.29 is 40.4 Å². The predicted octanol–water partition coefficient (Wildman–Crippen LogP) is 8.34. The highest BCUT2D eigenvalue weighted by Gasteiger charge is 2.46. The van der Waals surface area contributed by atoms with Crippen LogP contribution in [0.2, 0.25) is 0 Å². The van der Waals surface area contributed by atoms with Gasteiger partial charge in [0.05, 0.1) is 28.2 Å². The molecule has 58 heavy (non-hydrogen) atoms. The number of nitrogens with zero attached hydrogens (tertiary/aromatic N) is 3. The van der Waals surface area contributed by atoms with Gasteiger partial charge in [-0.3, -0.25) is 14.1 Å². The van der Waals surface area contributed by atoms with Crippen molar-refractivity contribution in [3.8, 4) is 0 Å². The third kappa shape index (κ3) is 7.99. The number of pyridine rings is 1. The van der Waals surface area contributed by atoms with Gasteiger partial charge < -0.3 is 10.0 Å². The predicted molar refractivity (Wildman–Crippen MR) is 230 cm³/mol. The van der Waals surface area contributed by atoms with E-state index < -0.39 is 48.5 Å². The first-order valence-electron chi connectivity index (χ1n) is 19.0. The molecule has 0 amide bonds. The Morgan fingerprint density at radius 2 is 1.40 bits per heavy atom. The number of hydrogen-bond acceptors (Lipinski definition) is 7. The lowest BCUT2D eigenvalue weighted by Gasteiger charge is -2.27. The van der Waals surface area contributed by atoms with Crippen molar-refractivity contribution in [3.63, 3.8) is 0 Å². The summed E-state index contributed by atoms with van der Waals surface area (Å²) in [6.07, 6.45) is 9.51. The number of carboxylic acid groups (broad SMARTS) is 1. The summed E-state index contributed by atoms with van der Waals surface area (Å²) in [4.78, 5) is 18.5. The lowest BCUT2D eigenvalue weighted by atomic mass is 9.79. The molecule has 0 saturated heterocycles. The van der Waals surface area contributed by atoms with Crippen molar-refractivity contribution in [2.75, 3.05) is 29.5 Å². The highest BCUT2D eigenvalue weighted by molar-refractivity contribution is 7.86. The molecule has 2 aliphatic rings. The summed E-state index contributed by atoms with van der Waals surface area (Å²) in [6.45, 7) is 9.14. The van der Waals surface area contributed by atoms with Crippen molar-refractivity contribution in [1.29, 1.82) is 0 Å². The number of aromatic carboxylic acids is 1. The number of fused-ring (bicyclic) bond motifs is 6. The van der Waals surface area contributed by atoms with Gasteiger partial charge in [-0.05, 0) is 83.8 Å². The smallest absolute Gasteiger partial charge is 0.337 e. The van der Waals surface area contributed by atoms with Gasteiger partial charge in [0.1, 0.15) is 6.54 Å². The third-order valence-electron chi connectivity index (χ3n) is 11.2. The Labute approximate surface area is 338 Å². The molecule has 5 aromatic rings. The first-order valence-corrected chi connectivity index (χ1v) is 22.3. The van der Waals surface area contributed by atoms with E-state index in [1.165, 1.54) is 12.3 Å². The van der Waals surface area contributed by atoms with Crippen molar-refractivity contribution in [2.45, 2.75) is 51.4 Å². The molecule has 13 heteroatoms. The summed E-state index contributed by atoms with van der Waals surface area (Å²) in [5.41, 5.74) is 5.94. The summed E-state index contributed by atoms with van der Waals surface area (Å²) in [6, 6.07) is 27.6. The zero-order chi connectivity index (χ0) is 41.6. The summed E-state index contributed by atoms with van der Waals surface area (Å²) in [5.74, 6) is -1.89. The number of carbonyl (C=O) groups is 1. The first kappa shape index (κ1) is 40.7. The van der Waals surface area contributed by atoms with Crippen LogP contribution in [0.15, 0.2) is 121 Å². The zero-order valence-corrected chi connectivity index (χ0v) is 34.4. The van der Waals surface area contributed by atoms with Crippen molar-refractivity contribution in [1.82, 2.24) is 4.98 Å². The van der Waals surface area contributed by atoms with Crippen LogP contribution in [0.4, 0.5) is 11.4 Å². The molecule has 7 rings (SSSR count). The van der Waals surface area contributed by atoms with Gasteiger partial charge in [0, 0.05) is 59.2 Å². The molecular weight excluding hydrogens is 775 g/mol. The monoisotopic (exact) mass is 820 g/mol. The van der Waals surface area contributed by atoms with E-state index >= 15 is 0 Å². The van der Waals surface area contributed by atoms with E-state index in [0.717, 1.165) is 55.5 Å². The van der Waals surface area contributed by atoms with Crippen LogP contribution in [0.5, 0.6) is 0 Å². The van der Waals surface area contributed by atoms with Crippen LogP contribution in [0.25, 0.3) is 27.1 Å². The van der Waals surface area contributed by atoms with Gasteiger partial charge in [0.2, 0.25) is 5.69 Å². The maximum atomic E-state index is 11.8. The molecule has 2 aliphatic heterocycles. The summed E-state index contributed by atoms with van der Waals surface area (Å²) in [5, 5.41) is 13.9. The molecule has 1 aromatic heterocycles. The van der Waals surface area contributed by atoms with Crippen molar-refractivity contribution >= 4 is 70.4 Å². The number of anilines is 1. The van der Waals surface area contributed by atoms with Crippen LogP contribution in [-0.2, 0) is 31.1 Å². The highest BCUT2D eigenvalue weighted by Crippen LogP contribution is 2.51. The molecular formula is C45H46N3O8S2+. The van der Waals surface area contributed by atoms with E-state index in [0.29, 0.717) is 24.4 Å². The quantitative estimate of drug-likeness (QED) is 0.0597. The molecule has 0 radical (unpaired) electrons. The number of benzene rings is 4. The van der Waals surface area contributed by atoms with Crippen LogP contribution in [0.1, 0.15) is 67.7 Å². The fraction of sp³-hybridized carbons (Fsp3) is 0.267. The Hall–Kier alpha value is -5.47. The van der Waals surface area contributed by atoms with Crippen LogP contribution in [-0.4, -0.2) is 76.9 Å². The molecule has 3 heterocycles. The third-order valence-corrected chi connectivity index (χ3v) is 12.8. The van der Waals surface area contributed by atoms with Gasteiger partial charge in [-0.2, -0.15) is 21.4 Å². The number of hydrogen-bond donors (Lipinski definition) is 3. The summed E-state index contributed by atoms with van der Waals surface area (Å²) < 4.78 is 68.4. The molecule has 4 aromatic carbocycles. The molecule has 3 N–H and O–H groups in total. The number of aromatic nitrogens is 1. The topological polar surface area (TPSA) is 165 Å². The van der Waals surface area contributed by atoms with E-state index in [-0.39, 0.29) is 18.4 Å². The normalized spacial score (nSPS) is 17.2. The van der Waals surface area contributed by atoms with Gasteiger partial charge in [0.25, 0.3) is 20.2 Å². The molecule has 0 aliphatic carbocycles. The summed E-state index contributed by atoms with van der Waals surface area (Å²) >= 11 is 0. The maximum absolute atomic E-state index is 11.8. The molecule has 0 spiro atoms.